The highest BCUT2D eigenvalue weighted by atomic mass is 16.5. The quantitative estimate of drug-likeness (QED) is 0.272. The Morgan fingerprint density at radius 2 is 1.57 bits per heavy atom. The number of alkyl carbamates (subject to hydrolysis) is 1. The Kier molecular flexibility index (Phi) is 9.62. The molecule has 10 heteroatoms. The summed E-state index contributed by atoms with van der Waals surface area (Å²) >= 11 is 0. The van der Waals surface area contributed by atoms with Crippen LogP contribution in [0.2, 0.25) is 0 Å². The van der Waals surface area contributed by atoms with Crippen LogP contribution in [0.15, 0.2) is 48.5 Å². The van der Waals surface area contributed by atoms with Crippen LogP contribution < -0.4 is 21.7 Å². The summed E-state index contributed by atoms with van der Waals surface area (Å²) in [6.45, 7) is 3.11. The number of ether oxygens (including phenoxy) is 1. The van der Waals surface area contributed by atoms with Crippen molar-refractivity contribution in [3.63, 3.8) is 0 Å². The molecule has 2 aromatic carbocycles. The molecule has 198 valence electrons. The van der Waals surface area contributed by atoms with Gasteiger partial charge in [-0.05, 0) is 48.4 Å². The molecule has 0 spiro atoms. The largest absolute Gasteiger partial charge is 0.449 e. The molecule has 3 unspecified atom stereocenters. The predicted octanol–water partition coefficient (Wildman–Crippen LogP) is 1.55. The number of amides is 4. The number of hydrogen-bond acceptors (Lipinski definition) is 6. The van der Waals surface area contributed by atoms with Crippen molar-refractivity contribution < 1.29 is 29.0 Å². The highest BCUT2D eigenvalue weighted by molar-refractivity contribution is 5.91. The smallest absolute Gasteiger partial charge is 0.407 e. The van der Waals surface area contributed by atoms with E-state index in [0.29, 0.717) is 19.4 Å². The Labute approximate surface area is 216 Å². The van der Waals surface area contributed by atoms with Crippen molar-refractivity contribution in [3.8, 4) is 11.1 Å². The van der Waals surface area contributed by atoms with Crippen LogP contribution in [0.4, 0.5) is 4.79 Å². The van der Waals surface area contributed by atoms with Gasteiger partial charge in [-0.2, -0.15) is 0 Å². The van der Waals surface area contributed by atoms with E-state index in [2.05, 4.69) is 40.2 Å². The number of nitrogens with one attached hydrogen (secondary N) is 3. The standard InChI is InChI=1S/C27H34N4O6/c1-16(32)24(30-17(2)33)26(35)31-23(25(28)34)13-7-8-14-29-27(36)37-15-22-20-11-5-3-9-18(20)19-10-4-6-12-21(19)22/h3-6,9-12,16,22-24,32H,7-8,13-15H2,1-2H3,(H2,28,34)(H,29,36)(H,30,33)(H,31,35). The lowest BCUT2D eigenvalue weighted by molar-refractivity contribution is -0.133. The van der Waals surface area contributed by atoms with Gasteiger partial charge in [-0.1, -0.05) is 48.5 Å². The van der Waals surface area contributed by atoms with Crippen molar-refractivity contribution in [2.75, 3.05) is 13.2 Å². The van der Waals surface area contributed by atoms with Gasteiger partial charge in [0.15, 0.2) is 0 Å². The van der Waals surface area contributed by atoms with E-state index >= 15 is 0 Å². The third-order valence-electron chi connectivity index (χ3n) is 6.32. The number of carbonyl (C=O) groups excluding carboxylic acids is 4. The summed E-state index contributed by atoms with van der Waals surface area (Å²) < 4.78 is 5.50. The van der Waals surface area contributed by atoms with Crippen molar-refractivity contribution in [2.24, 2.45) is 5.73 Å². The highest BCUT2D eigenvalue weighted by Crippen LogP contribution is 2.44. The van der Waals surface area contributed by atoms with Gasteiger partial charge >= 0.3 is 6.09 Å². The number of nitrogens with two attached hydrogens (primary N) is 1. The first-order valence-electron chi connectivity index (χ1n) is 12.3. The number of rotatable bonds is 12. The molecular weight excluding hydrogens is 476 g/mol. The normalized spacial score (nSPS) is 14.5. The number of benzene rings is 2. The second-order valence-corrected chi connectivity index (χ2v) is 9.13. The molecule has 3 atom stereocenters. The van der Waals surface area contributed by atoms with Crippen LogP contribution in [0.1, 0.15) is 50.2 Å². The molecule has 0 bridgehead atoms. The Morgan fingerprint density at radius 1 is 0.973 bits per heavy atom. The molecule has 0 aliphatic heterocycles. The fraction of sp³-hybridized carbons (Fsp3) is 0.407. The third-order valence-corrected chi connectivity index (χ3v) is 6.32. The fourth-order valence-electron chi connectivity index (χ4n) is 4.48. The molecule has 3 rings (SSSR count). The van der Waals surface area contributed by atoms with Crippen molar-refractivity contribution in [2.45, 2.75) is 57.2 Å². The van der Waals surface area contributed by atoms with Gasteiger partial charge in [0, 0.05) is 19.4 Å². The van der Waals surface area contributed by atoms with Crippen LogP contribution in [0.5, 0.6) is 0 Å². The first-order valence-corrected chi connectivity index (χ1v) is 12.3. The molecule has 0 fully saturated rings. The van der Waals surface area contributed by atoms with Gasteiger partial charge in [-0.15, -0.1) is 0 Å². The van der Waals surface area contributed by atoms with E-state index in [-0.39, 0.29) is 18.9 Å². The lowest BCUT2D eigenvalue weighted by Gasteiger charge is -2.23. The highest BCUT2D eigenvalue weighted by Gasteiger charge is 2.29. The maximum atomic E-state index is 12.4. The van der Waals surface area contributed by atoms with Crippen LogP contribution >= 0.6 is 0 Å². The predicted molar refractivity (Wildman–Crippen MR) is 137 cm³/mol. The van der Waals surface area contributed by atoms with E-state index in [1.54, 1.807) is 0 Å². The Morgan fingerprint density at radius 3 is 2.11 bits per heavy atom. The van der Waals surface area contributed by atoms with Gasteiger partial charge < -0.3 is 31.5 Å². The molecule has 0 aromatic heterocycles. The summed E-state index contributed by atoms with van der Waals surface area (Å²) in [4.78, 5) is 47.7. The maximum Gasteiger partial charge on any atom is 0.407 e. The van der Waals surface area contributed by atoms with Crippen LogP contribution in [0.25, 0.3) is 11.1 Å². The minimum Gasteiger partial charge on any atom is -0.449 e. The van der Waals surface area contributed by atoms with E-state index in [0.717, 1.165) is 22.3 Å². The molecule has 1 aliphatic carbocycles. The first kappa shape index (κ1) is 27.7. The molecular formula is C27H34N4O6. The monoisotopic (exact) mass is 510 g/mol. The molecule has 37 heavy (non-hydrogen) atoms. The minimum atomic E-state index is -1.20. The summed E-state index contributed by atoms with van der Waals surface area (Å²) in [5, 5.41) is 17.3. The van der Waals surface area contributed by atoms with E-state index in [4.69, 9.17) is 10.5 Å². The van der Waals surface area contributed by atoms with Gasteiger partial charge in [0.1, 0.15) is 18.7 Å². The lowest BCUT2D eigenvalue weighted by Crippen LogP contribution is -2.56. The number of aliphatic hydroxyl groups excluding tert-OH is 1. The summed E-state index contributed by atoms with van der Waals surface area (Å²) in [6.07, 6.45) is -0.442. The van der Waals surface area contributed by atoms with Gasteiger partial charge in [0.05, 0.1) is 6.10 Å². The van der Waals surface area contributed by atoms with Crippen LogP contribution in [-0.2, 0) is 19.1 Å². The lowest BCUT2D eigenvalue weighted by atomic mass is 9.98. The van der Waals surface area contributed by atoms with E-state index in [9.17, 15) is 24.3 Å². The SMILES string of the molecule is CC(=O)NC(C(=O)NC(CCCCNC(=O)OCC1c2ccccc2-c2ccccc21)C(N)=O)C(C)O. The van der Waals surface area contributed by atoms with Crippen molar-refractivity contribution >= 4 is 23.8 Å². The Hall–Kier alpha value is -3.92. The van der Waals surface area contributed by atoms with Crippen LogP contribution in [0.3, 0.4) is 0 Å². The van der Waals surface area contributed by atoms with Crippen LogP contribution in [-0.4, -0.2) is 60.3 Å². The number of aliphatic hydroxyl groups is 1. The van der Waals surface area contributed by atoms with E-state index < -0.39 is 42.0 Å². The Balaban J connectivity index is 1.41. The van der Waals surface area contributed by atoms with E-state index in [1.807, 2.05) is 24.3 Å². The number of carbonyl (C=O) groups is 4. The zero-order chi connectivity index (χ0) is 26.9. The van der Waals surface area contributed by atoms with Crippen molar-refractivity contribution in [1.29, 1.82) is 0 Å². The average molecular weight is 511 g/mol. The molecule has 0 saturated heterocycles. The average Bonchev–Trinajstić information content (AvgIpc) is 3.18. The van der Waals surface area contributed by atoms with E-state index in [1.165, 1.54) is 13.8 Å². The minimum absolute atomic E-state index is 0.0268. The number of primary amides is 1. The second-order valence-electron chi connectivity index (χ2n) is 9.13. The Bertz CT molecular complexity index is 1090. The number of fused-ring (bicyclic) bond motifs is 3. The summed E-state index contributed by atoms with van der Waals surface area (Å²) in [7, 11) is 0. The van der Waals surface area contributed by atoms with Crippen molar-refractivity contribution in [3.05, 3.63) is 59.7 Å². The molecule has 1 aliphatic rings. The number of hydrogen-bond donors (Lipinski definition) is 5. The van der Waals surface area contributed by atoms with Gasteiger partial charge in [-0.25, -0.2) is 4.79 Å². The molecule has 0 saturated carbocycles. The van der Waals surface area contributed by atoms with Crippen molar-refractivity contribution in [1.82, 2.24) is 16.0 Å². The fourth-order valence-corrected chi connectivity index (χ4v) is 4.48. The topological polar surface area (TPSA) is 160 Å². The van der Waals surface area contributed by atoms with Gasteiger partial charge in [-0.3, -0.25) is 14.4 Å². The third kappa shape index (κ3) is 7.29. The zero-order valence-corrected chi connectivity index (χ0v) is 21.0. The van der Waals surface area contributed by atoms with Gasteiger partial charge in [0.25, 0.3) is 0 Å². The maximum absolute atomic E-state index is 12.4. The number of unbranched alkanes of at least 4 members (excludes halogenated alkanes) is 1. The second kappa shape index (κ2) is 12.9. The molecule has 4 amide bonds. The first-order chi connectivity index (χ1) is 17.7. The molecule has 10 nitrogen and oxygen atoms in total. The summed E-state index contributed by atoms with van der Waals surface area (Å²) in [6, 6.07) is 14.0. The molecule has 0 heterocycles. The summed E-state index contributed by atoms with van der Waals surface area (Å²) in [5.74, 6) is -1.95. The molecule has 0 radical (unpaired) electrons. The van der Waals surface area contributed by atoms with Crippen LogP contribution in [0, 0.1) is 0 Å². The zero-order valence-electron chi connectivity index (χ0n) is 21.0. The summed E-state index contributed by atoms with van der Waals surface area (Å²) in [5.41, 5.74) is 9.97. The molecule has 6 N–H and O–H groups in total. The molecule has 2 aromatic rings. The van der Waals surface area contributed by atoms with Gasteiger partial charge in [0.2, 0.25) is 17.7 Å².